The Labute approximate surface area is 78.9 Å². The van der Waals surface area contributed by atoms with Crippen LogP contribution in [0.25, 0.3) is 0 Å². The van der Waals surface area contributed by atoms with Crippen LogP contribution in [-0.2, 0) is 4.74 Å². The summed E-state index contributed by atoms with van der Waals surface area (Å²) in [5.41, 5.74) is 5.43. The maximum Gasteiger partial charge on any atom is 0.0869 e. The van der Waals surface area contributed by atoms with Gasteiger partial charge in [-0.2, -0.15) is 0 Å². The average molecular weight is 188 g/mol. The Morgan fingerprint density at radius 2 is 2.50 bits per heavy atom. The van der Waals surface area contributed by atoms with Crippen molar-refractivity contribution in [1.29, 1.82) is 0 Å². The molecule has 3 nitrogen and oxygen atoms in total. The van der Waals surface area contributed by atoms with E-state index in [-0.39, 0.29) is 0 Å². The molecule has 1 unspecified atom stereocenters. The molecule has 0 aromatic rings. The van der Waals surface area contributed by atoms with Gasteiger partial charge in [0.2, 0.25) is 0 Å². The molecule has 0 bridgehead atoms. The largest absolute Gasteiger partial charge is 0.392 e. The molecule has 4 heteroatoms. The van der Waals surface area contributed by atoms with Crippen molar-refractivity contribution in [3.63, 3.8) is 0 Å². The molecule has 1 aliphatic heterocycles. The fourth-order valence-electron chi connectivity index (χ4n) is 1.50. The van der Waals surface area contributed by atoms with Crippen molar-refractivity contribution in [1.82, 2.24) is 4.90 Å². The van der Waals surface area contributed by atoms with Gasteiger partial charge in [-0.1, -0.05) is 12.2 Å². The van der Waals surface area contributed by atoms with Crippen LogP contribution in [0, 0.1) is 5.92 Å². The first kappa shape index (κ1) is 9.89. The highest BCUT2D eigenvalue weighted by molar-refractivity contribution is 7.80. The summed E-state index contributed by atoms with van der Waals surface area (Å²) in [6.07, 6.45) is 1.17. The minimum absolute atomic E-state index is 0.566. The number of likely N-dealkylation sites (N-methyl/N-ethyl adjacent to an activating group) is 1. The number of hydrogen-bond acceptors (Lipinski definition) is 3. The van der Waals surface area contributed by atoms with Gasteiger partial charge in [-0.25, -0.2) is 0 Å². The molecule has 0 amide bonds. The highest BCUT2D eigenvalue weighted by atomic mass is 32.1. The second-order valence-electron chi connectivity index (χ2n) is 3.39. The highest BCUT2D eigenvalue weighted by Gasteiger charge is 2.17. The molecule has 1 heterocycles. The van der Waals surface area contributed by atoms with Crippen molar-refractivity contribution >= 4 is 17.2 Å². The second kappa shape index (κ2) is 4.74. The van der Waals surface area contributed by atoms with Crippen molar-refractivity contribution in [2.24, 2.45) is 11.7 Å². The van der Waals surface area contributed by atoms with E-state index in [1.807, 2.05) is 7.05 Å². The summed E-state index contributed by atoms with van der Waals surface area (Å²) in [6, 6.07) is 0. The van der Waals surface area contributed by atoms with Crippen LogP contribution in [0.5, 0.6) is 0 Å². The molecule has 0 saturated carbocycles. The van der Waals surface area contributed by atoms with Gasteiger partial charge in [0, 0.05) is 19.7 Å². The zero-order valence-corrected chi connectivity index (χ0v) is 8.27. The average Bonchev–Trinajstić information content (AvgIpc) is 2.37. The first-order valence-electron chi connectivity index (χ1n) is 4.23. The summed E-state index contributed by atoms with van der Waals surface area (Å²) < 4.78 is 5.27. The Balaban J connectivity index is 2.16. The Kier molecular flexibility index (Phi) is 3.91. The van der Waals surface area contributed by atoms with Gasteiger partial charge in [0.25, 0.3) is 0 Å². The zero-order valence-electron chi connectivity index (χ0n) is 7.45. The summed E-state index contributed by atoms with van der Waals surface area (Å²) in [5, 5.41) is 0. The lowest BCUT2D eigenvalue weighted by atomic mass is 10.1. The molecule has 0 aromatic heterocycles. The summed E-state index contributed by atoms with van der Waals surface area (Å²) in [4.78, 5) is 2.72. The Hall–Kier alpha value is -0.190. The summed E-state index contributed by atoms with van der Waals surface area (Å²) in [7, 11) is 2.04. The van der Waals surface area contributed by atoms with Gasteiger partial charge in [-0.3, -0.25) is 4.90 Å². The SMILES string of the molecule is CN(CC(N)=S)CC1CCOC1. The molecule has 0 radical (unpaired) electrons. The maximum atomic E-state index is 5.43. The number of ether oxygens (including phenoxy) is 1. The molecule has 1 saturated heterocycles. The number of nitrogens with zero attached hydrogens (tertiary/aromatic N) is 1. The molecule has 1 fully saturated rings. The van der Waals surface area contributed by atoms with E-state index in [0.717, 1.165) is 19.8 Å². The number of nitrogens with two attached hydrogens (primary N) is 1. The molecular weight excluding hydrogens is 172 g/mol. The third kappa shape index (κ3) is 3.47. The van der Waals surface area contributed by atoms with Crippen molar-refractivity contribution in [2.75, 3.05) is 33.4 Å². The van der Waals surface area contributed by atoms with Crippen molar-refractivity contribution in [2.45, 2.75) is 6.42 Å². The molecular formula is C8H16N2OS. The normalized spacial score (nSPS) is 23.3. The fraction of sp³-hybridized carbons (Fsp3) is 0.875. The summed E-state index contributed by atoms with van der Waals surface area (Å²) in [5.74, 6) is 0.671. The molecule has 70 valence electrons. The maximum absolute atomic E-state index is 5.43. The fourth-order valence-corrected chi connectivity index (χ4v) is 1.72. The van der Waals surface area contributed by atoms with Crippen molar-refractivity contribution in [3.05, 3.63) is 0 Å². The second-order valence-corrected chi connectivity index (χ2v) is 3.92. The van der Waals surface area contributed by atoms with Crippen LogP contribution in [0.4, 0.5) is 0 Å². The summed E-state index contributed by atoms with van der Waals surface area (Å²) >= 11 is 4.82. The van der Waals surface area contributed by atoms with Gasteiger partial charge in [0.05, 0.1) is 11.6 Å². The standard InChI is InChI=1S/C8H16N2OS/c1-10(5-8(9)12)4-7-2-3-11-6-7/h7H,2-6H2,1H3,(H2,9,12). The van der Waals surface area contributed by atoms with E-state index in [4.69, 9.17) is 22.7 Å². The van der Waals surface area contributed by atoms with Crippen LogP contribution in [0.3, 0.4) is 0 Å². The van der Waals surface area contributed by atoms with E-state index in [1.54, 1.807) is 0 Å². The van der Waals surface area contributed by atoms with Gasteiger partial charge in [-0.15, -0.1) is 0 Å². The van der Waals surface area contributed by atoms with Crippen molar-refractivity contribution < 1.29 is 4.74 Å². The molecule has 1 aliphatic rings. The topological polar surface area (TPSA) is 38.5 Å². The van der Waals surface area contributed by atoms with E-state index in [9.17, 15) is 0 Å². The molecule has 2 N–H and O–H groups in total. The quantitative estimate of drug-likeness (QED) is 0.641. The third-order valence-corrected chi connectivity index (χ3v) is 2.15. The van der Waals surface area contributed by atoms with Gasteiger partial charge < -0.3 is 10.5 Å². The van der Waals surface area contributed by atoms with Gasteiger partial charge in [0.15, 0.2) is 0 Å². The molecule has 1 atom stereocenters. The first-order chi connectivity index (χ1) is 5.68. The third-order valence-electron chi connectivity index (χ3n) is 2.02. The Morgan fingerprint density at radius 1 is 1.75 bits per heavy atom. The van der Waals surface area contributed by atoms with E-state index in [0.29, 0.717) is 17.5 Å². The van der Waals surface area contributed by atoms with E-state index in [2.05, 4.69) is 4.90 Å². The molecule has 12 heavy (non-hydrogen) atoms. The van der Waals surface area contributed by atoms with Gasteiger partial charge in [-0.05, 0) is 19.4 Å². The van der Waals surface area contributed by atoms with Crippen LogP contribution < -0.4 is 5.73 Å². The number of thiocarbonyl (C=S) groups is 1. The van der Waals surface area contributed by atoms with Crippen LogP contribution >= 0.6 is 12.2 Å². The minimum Gasteiger partial charge on any atom is -0.392 e. The lowest BCUT2D eigenvalue weighted by Crippen LogP contribution is -2.33. The Morgan fingerprint density at radius 3 is 3.00 bits per heavy atom. The van der Waals surface area contributed by atoms with Crippen LogP contribution in [-0.4, -0.2) is 43.2 Å². The Bertz CT molecular complexity index is 157. The minimum atomic E-state index is 0.566. The highest BCUT2D eigenvalue weighted by Crippen LogP contribution is 2.12. The monoisotopic (exact) mass is 188 g/mol. The zero-order chi connectivity index (χ0) is 8.97. The van der Waals surface area contributed by atoms with E-state index >= 15 is 0 Å². The predicted octanol–water partition coefficient (Wildman–Crippen LogP) is 0.241. The molecule has 0 aliphatic carbocycles. The molecule has 0 aromatic carbocycles. The van der Waals surface area contributed by atoms with Crippen LogP contribution in [0.1, 0.15) is 6.42 Å². The van der Waals surface area contributed by atoms with Crippen molar-refractivity contribution in [3.8, 4) is 0 Å². The molecule has 1 rings (SSSR count). The van der Waals surface area contributed by atoms with Gasteiger partial charge >= 0.3 is 0 Å². The first-order valence-corrected chi connectivity index (χ1v) is 4.64. The predicted molar refractivity (Wildman–Crippen MR) is 53.2 cm³/mol. The van der Waals surface area contributed by atoms with E-state index < -0.39 is 0 Å². The number of rotatable bonds is 4. The van der Waals surface area contributed by atoms with E-state index in [1.165, 1.54) is 6.42 Å². The smallest absolute Gasteiger partial charge is 0.0869 e. The summed E-state index contributed by atoms with van der Waals surface area (Å²) in [6.45, 7) is 3.55. The van der Waals surface area contributed by atoms with Crippen LogP contribution in [0.15, 0.2) is 0 Å². The van der Waals surface area contributed by atoms with Crippen LogP contribution in [0.2, 0.25) is 0 Å². The molecule has 0 spiro atoms. The number of hydrogen-bond donors (Lipinski definition) is 1. The van der Waals surface area contributed by atoms with Gasteiger partial charge in [0.1, 0.15) is 0 Å². The lowest BCUT2D eigenvalue weighted by Gasteiger charge is -2.18. The lowest BCUT2D eigenvalue weighted by molar-refractivity contribution is 0.176.